The summed E-state index contributed by atoms with van der Waals surface area (Å²) in [5.74, 6) is 0.840. The molecule has 0 saturated carbocycles. The minimum atomic E-state index is -0.615. The summed E-state index contributed by atoms with van der Waals surface area (Å²) in [4.78, 5) is 29.0. The van der Waals surface area contributed by atoms with Crippen molar-refractivity contribution in [1.82, 2.24) is 9.80 Å². The van der Waals surface area contributed by atoms with Crippen LogP contribution in [0, 0.1) is 0 Å². The highest BCUT2D eigenvalue weighted by molar-refractivity contribution is 5.95. The molecule has 4 rings (SSSR count). The standard InChI is InChI=1S/C28H34N2O4/c1-6-29(7-2)25(31)21-14-12-20(13-15-21)23-18-28(33-24-11-9-8-10-22(23)24)16-17-30(19-28)26(32)34-27(3,4)5/h8-15,18H,6-7,16-17,19H2,1-5H3. The Balaban J connectivity index is 1.65. The minimum Gasteiger partial charge on any atom is -0.481 e. The first-order valence-corrected chi connectivity index (χ1v) is 12.0. The Hall–Kier alpha value is -3.28. The van der Waals surface area contributed by atoms with Crippen LogP contribution in [0.1, 0.15) is 62.5 Å². The molecule has 6 nitrogen and oxygen atoms in total. The molecular weight excluding hydrogens is 428 g/mol. The van der Waals surface area contributed by atoms with Crippen molar-refractivity contribution in [1.29, 1.82) is 0 Å². The topological polar surface area (TPSA) is 59.1 Å². The van der Waals surface area contributed by atoms with Gasteiger partial charge in [0.1, 0.15) is 17.0 Å². The normalized spacial score (nSPS) is 19.3. The number of likely N-dealkylation sites (tertiary alicyclic amines) is 1. The van der Waals surface area contributed by atoms with Crippen molar-refractivity contribution in [3.63, 3.8) is 0 Å². The lowest BCUT2D eigenvalue weighted by Crippen LogP contribution is -2.42. The number of carbonyl (C=O) groups is 2. The van der Waals surface area contributed by atoms with E-state index in [1.807, 2.05) is 88.0 Å². The van der Waals surface area contributed by atoms with Gasteiger partial charge in [0, 0.05) is 37.2 Å². The molecule has 0 radical (unpaired) electrons. The first-order valence-electron chi connectivity index (χ1n) is 12.0. The second-order valence-electron chi connectivity index (χ2n) is 9.93. The molecule has 34 heavy (non-hydrogen) atoms. The van der Waals surface area contributed by atoms with Gasteiger partial charge >= 0.3 is 6.09 Å². The Kier molecular flexibility index (Phi) is 6.43. The van der Waals surface area contributed by atoms with Crippen LogP contribution in [0.15, 0.2) is 54.6 Å². The third-order valence-electron chi connectivity index (χ3n) is 6.31. The number of para-hydroxylation sites is 1. The maximum atomic E-state index is 12.7. The van der Waals surface area contributed by atoms with Crippen LogP contribution in [0.5, 0.6) is 5.75 Å². The van der Waals surface area contributed by atoms with E-state index >= 15 is 0 Å². The zero-order chi connectivity index (χ0) is 24.5. The fraction of sp³-hybridized carbons (Fsp3) is 0.429. The number of hydrogen-bond donors (Lipinski definition) is 0. The molecule has 0 aromatic heterocycles. The van der Waals surface area contributed by atoms with E-state index in [-0.39, 0.29) is 12.0 Å². The number of nitrogens with zero attached hydrogens (tertiary/aromatic N) is 2. The van der Waals surface area contributed by atoms with E-state index in [2.05, 4.69) is 6.08 Å². The average Bonchev–Trinajstić information content (AvgIpc) is 3.21. The van der Waals surface area contributed by atoms with Gasteiger partial charge in [0.2, 0.25) is 0 Å². The number of fused-ring (bicyclic) bond motifs is 1. The lowest BCUT2D eigenvalue weighted by Gasteiger charge is -2.34. The Labute approximate surface area is 202 Å². The van der Waals surface area contributed by atoms with Crippen molar-refractivity contribution in [2.45, 2.75) is 52.2 Å². The highest BCUT2D eigenvalue weighted by Gasteiger charge is 2.44. The van der Waals surface area contributed by atoms with Crippen molar-refractivity contribution in [3.05, 3.63) is 71.3 Å². The molecule has 1 saturated heterocycles. The number of benzene rings is 2. The molecule has 1 atom stereocenters. The number of carbonyl (C=O) groups excluding carboxylic acids is 2. The lowest BCUT2D eigenvalue weighted by molar-refractivity contribution is 0.0248. The maximum Gasteiger partial charge on any atom is 0.410 e. The van der Waals surface area contributed by atoms with Crippen LogP contribution in [0.2, 0.25) is 0 Å². The van der Waals surface area contributed by atoms with Crippen LogP contribution in [0.3, 0.4) is 0 Å². The predicted molar refractivity (Wildman–Crippen MR) is 133 cm³/mol. The van der Waals surface area contributed by atoms with Crippen molar-refractivity contribution in [2.75, 3.05) is 26.2 Å². The molecule has 1 unspecified atom stereocenters. The van der Waals surface area contributed by atoms with Crippen molar-refractivity contribution >= 4 is 17.6 Å². The Bertz CT molecular complexity index is 1100. The quantitative estimate of drug-likeness (QED) is 0.613. The maximum absolute atomic E-state index is 12.7. The van der Waals surface area contributed by atoms with E-state index in [0.717, 1.165) is 22.4 Å². The van der Waals surface area contributed by atoms with Gasteiger partial charge in [0.25, 0.3) is 5.91 Å². The second kappa shape index (κ2) is 9.16. The number of ether oxygens (including phenoxy) is 2. The monoisotopic (exact) mass is 462 g/mol. The molecule has 0 N–H and O–H groups in total. The molecular formula is C28H34N2O4. The summed E-state index contributed by atoms with van der Waals surface area (Å²) in [6.45, 7) is 12.0. The summed E-state index contributed by atoms with van der Waals surface area (Å²) in [6.07, 6.45) is 2.50. The SMILES string of the molecule is CCN(CC)C(=O)c1ccc(C2=CC3(CCN(C(=O)OC(C)(C)C)C3)Oc3ccccc32)cc1. The Morgan fingerprint density at radius 3 is 2.38 bits per heavy atom. The molecule has 1 spiro atoms. The van der Waals surface area contributed by atoms with Gasteiger partial charge in [-0.3, -0.25) is 4.79 Å². The van der Waals surface area contributed by atoms with E-state index in [0.29, 0.717) is 38.2 Å². The van der Waals surface area contributed by atoms with Gasteiger partial charge in [0.15, 0.2) is 0 Å². The summed E-state index contributed by atoms with van der Waals surface area (Å²) < 4.78 is 12.1. The van der Waals surface area contributed by atoms with Crippen LogP contribution in [0.4, 0.5) is 4.79 Å². The summed E-state index contributed by atoms with van der Waals surface area (Å²) in [7, 11) is 0. The average molecular weight is 463 g/mol. The van der Waals surface area contributed by atoms with Gasteiger partial charge in [-0.1, -0.05) is 30.3 Å². The minimum absolute atomic E-state index is 0.0400. The van der Waals surface area contributed by atoms with Crippen LogP contribution < -0.4 is 4.74 Å². The zero-order valence-electron chi connectivity index (χ0n) is 20.8. The van der Waals surface area contributed by atoms with Crippen LogP contribution in [-0.2, 0) is 4.74 Å². The van der Waals surface area contributed by atoms with Crippen LogP contribution >= 0.6 is 0 Å². The molecule has 2 aromatic carbocycles. The Morgan fingerprint density at radius 1 is 1.06 bits per heavy atom. The van der Waals surface area contributed by atoms with Crippen molar-refractivity contribution in [3.8, 4) is 5.75 Å². The molecule has 2 aromatic rings. The summed E-state index contributed by atoms with van der Waals surface area (Å²) in [5.41, 5.74) is 2.59. The Morgan fingerprint density at radius 2 is 1.74 bits per heavy atom. The fourth-order valence-electron chi connectivity index (χ4n) is 4.58. The number of amides is 2. The van der Waals surface area contributed by atoms with Crippen LogP contribution in [0.25, 0.3) is 5.57 Å². The largest absolute Gasteiger partial charge is 0.481 e. The van der Waals surface area contributed by atoms with Gasteiger partial charge in [0.05, 0.1) is 6.54 Å². The molecule has 180 valence electrons. The second-order valence-corrected chi connectivity index (χ2v) is 9.93. The molecule has 2 aliphatic rings. The molecule has 0 aliphatic carbocycles. The van der Waals surface area contributed by atoms with E-state index < -0.39 is 11.2 Å². The van der Waals surface area contributed by atoms with E-state index in [9.17, 15) is 9.59 Å². The summed E-state index contributed by atoms with van der Waals surface area (Å²) >= 11 is 0. The molecule has 1 fully saturated rings. The molecule has 6 heteroatoms. The van der Waals surface area contributed by atoms with Crippen molar-refractivity contribution in [2.24, 2.45) is 0 Å². The number of hydrogen-bond acceptors (Lipinski definition) is 4. The van der Waals surface area contributed by atoms with Gasteiger partial charge < -0.3 is 19.3 Å². The highest BCUT2D eigenvalue weighted by atomic mass is 16.6. The van der Waals surface area contributed by atoms with Crippen molar-refractivity contribution < 1.29 is 19.1 Å². The van der Waals surface area contributed by atoms with Gasteiger partial charge in [-0.05, 0) is 70.0 Å². The zero-order valence-corrected chi connectivity index (χ0v) is 20.8. The van der Waals surface area contributed by atoms with Gasteiger partial charge in [-0.15, -0.1) is 0 Å². The molecule has 0 bridgehead atoms. The molecule has 2 heterocycles. The molecule has 2 amide bonds. The fourth-order valence-corrected chi connectivity index (χ4v) is 4.58. The molecule has 2 aliphatic heterocycles. The summed E-state index contributed by atoms with van der Waals surface area (Å²) in [6, 6.07) is 15.8. The van der Waals surface area contributed by atoms with E-state index in [1.54, 1.807) is 4.90 Å². The third-order valence-corrected chi connectivity index (χ3v) is 6.31. The predicted octanol–water partition coefficient (Wildman–Crippen LogP) is 5.37. The van der Waals surface area contributed by atoms with E-state index in [4.69, 9.17) is 9.47 Å². The smallest absolute Gasteiger partial charge is 0.410 e. The number of rotatable bonds is 4. The third kappa shape index (κ3) is 4.81. The first-order chi connectivity index (χ1) is 16.1. The van der Waals surface area contributed by atoms with E-state index in [1.165, 1.54) is 0 Å². The van der Waals surface area contributed by atoms with Gasteiger partial charge in [-0.25, -0.2) is 4.79 Å². The first kappa shape index (κ1) is 23.9. The van der Waals surface area contributed by atoms with Crippen LogP contribution in [-0.4, -0.2) is 59.2 Å². The summed E-state index contributed by atoms with van der Waals surface area (Å²) in [5, 5.41) is 0. The lowest BCUT2D eigenvalue weighted by atomic mass is 9.87. The van der Waals surface area contributed by atoms with Gasteiger partial charge in [-0.2, -0.15) is 0 Å². The highest BCUT2D eigenvalue weighted by Crippen LogP contribution is 2.43.